The molecule has 0 spiro atoms. The first kappa shape index (κ1) is 15.6. The minimum absolute atomic E-state index is 0.579. The van der Waals surface area contributed by atoms with Crippen molar-refractivity contribution in [2.45, 2.75) is 64.8 Å². The van der Waals surface area contributed by atoms with E-state index in [1.165, 1.54) is 37.8 Å². The number of nitrogens with zero attached hydrogens (tertiary/aromatic N) is 2. The van der Waals surface area contributed by atoms with Crippen LogP contribution in [0, 0.1) is 11.8 Å². The molecule has 3 heteroatoms. The van der Waals surface area contributed by atoms with Crippen molar-refractivity contribution in [3.05, 3.63) is 18.0 Å². The maximum Gasteiger partial charge on any atom is 0.0492 e. The Morgan fingerprint density at radius 3 is 2.80 bits per heavy atom. The summed E-state index contributed by atoms with van der Waals surface area (Å²) in [6, 6.07) is 2.80. The summed E-state index contributed by atoms with van der Waals surface area (Å²) in [5.41, 5.74) is 1.43. The van der Waals surface area contributed by atoms with E-state index in [1.807, 2.05) is 6.20 Å². The average molecular weight is 277 g/mol. The Morgan fingerprint density at radius 1 is 1.40 bits per heavy atom. The molecular weight excluding hydrogens is 246 g/mol. The van der Waals surface area contributed by atoms with Gasteiger partial charge in [0, 0.05) is 30.9 Å². The second-order valence-corrected chi connectivity index (χ2v) is 6.78. The maximum absolute atomic E-state index is 4.39. The fourth-order valence-electron chi connectivity index (χ4n) is 3.73. The predicted octanol–water partition coefficient (Wildman–Crippen LogP) is 3.72. The summed E-state index contributed by atoms with van der Waals surface area (Å²) in [7, 11) is 2.09. The Balaban J connectivity index is 2.08. The van der Waals surface area contributed by atoms with Gasteiger partial charge in [0.05, 0.1) is 0 Å². The lowest BCUT2D eigenvalue weighted by atomic mass is 9.71. The van der Waals surface area contributed by atoms with Crippen LogP contribution >= 0.6 is 0 Å². The third kappa shape index (κ3) is 3.85. The van der Waals surface area contributed by atoms with Crippen molar-refractivity contribution in [3.63, 3.8) is 0 Å². The van der Waals surface area contributed by atoms with E-state index in [4.69, 9.17) is 0 Å². The summed E-state index contributed by atoms with van der Waals surface area (Å²) in [4.78, 5) is 0. The topological polar surface area (TPSA) is 29.9 Å². The van der Waals surface area contributed by atoms with Crippen LogP contribution in [0.25, 0.3) is 0 Å². The van der Waals surface area contributed by atoms with E-state index in [1.54, 1.807) is 0 Å². The molecule has 114 valence electrons. The third-order valence-electron chi connectivity index (χ3n) is 4.83. The van der Waals surface area contributed by atoms with Gasteiger partial charge in [-0.3, -0.25) is 4.68 Å². The van der Waals surface area contributed by atoms with Crippen molar-refractivity contribution in [1.29, 1.82) is 0 Å². The Kier molecular flexibility index (Phi) is 5.64. The van der Waals surface area contributed by atoms with Gasteiger partial charge in [-0.25, -0.2) is 0 Å². The Bertz CT molecular complexity index is 397. The van der Waals surface area contributed by atoms with Crippen LogP contribution in [0.2, 0.25) is 0 Å². The van der Waals surface area contributed by atoms with E-state index in [2.05, 4.69) is 49.0 Å². The molecule has 1 heterocycles. The summed E-state index contributed by atoms with van der Waals surface area (Å²) in [6.45, 7) is 7.93. The molecule has 2 rings (SSSR count). The van der Waals surface area contributed by atoms with Crippen molar-refractivity contribution in [1.82, 2.24) is 15.1 Å². The Hall–Kier alpha value is -0.830. The van der Waals surface area contributed by atoms with Crippen LogP contribution in [0.5, 0.6) is 0 Å². The lowest BCUT2D eigenvalue weighted by Gasteiger charge is -2.37. The SMILES string of the molecule is CCCC1CCC(CNC(C)C)C(c2ccnn2C)C1. The van der Waals surface area contributed by atoms with Crippen LogP contribution in [-0.2, 0) is 7.05 Å². The molecule has 1 aliphatic rings. The Morgan fingerprint density at radius 2 is 2.20 bits per heavy atom. The highest BCUT2D eigenvalue weighted by atomic mass is 15.3. The molecule has 1 N–H and O–H groups in total. The zero-order valence-electron chi connectivity index (χ0n) is 13.6. The zero-order chi connectivity index (χ0) is 14.5. The van der Waals surface area contributed by atoms with Crippen LogP contribution < -0.4 is 5.32 Å². The quantitative estimate of drug-likeness (QED) is 0.859. The van der Waals surface area contributed by atoms with E-state index in [0.717, 1.165) is 18.4 Å². The summed E-state index contributed by atoms with van der Waals surface area (Å²) in [5.74, 6) is 2.36. The molecule has 0 saturated heterocycles. The molecule has 3 unspecified atom stereocenters. The lowest BCUT2D eigenvalue weighted by Crippen LogP contribution is -2.35. The molecule has 0 bridgehead atoms. The predicted molar refractivity (Wildman–Crippen MR) is 84.8 cm³/mol. The van der Waals surface area contributed by atoms with Gasteiger partial charge >= 0.3 is 0 Å². The number of aromatic nitrogens is 2. The molecule has 0 amide bonds. The smallest absolute Gasteiger partial charge is 0.0492 e. The standard InChI is InChI=1S/C17H31N3/c1-5-6-14-7-8-15(12-18-13(2)3)16(11-14)17-9-10-19-20(17)4/h9-10,13-16,18H,5-8,11-12H2,1-4H3. The van der Waals surface area contributed by atoms with Crippen molar-refractivity contribution in [3.8, 4) is 0 Å². The normalized spacial score (nSPS) is 27.1. The van der Waals surface area contributed by atoms with Gasteiger partial charge in [0.15, 0.2) is 0 Å². The largest absolute Gasteiger partial charge is 0.314 e. The van der Waals surface area contributed by atoms with Gasteiger partial charge in [0.25, 0.3) is 0 Å². The van der Waals surface area contributed by atoms with Gasteiger partial charge in [0.2, 0.25) is 0 Å². The highest BCUT2D eigenvalue weighted by Crippen LogP contribution is 2.41. The molecular formula is C17H31N3. The van der Waals surface area contributed by atoms with E-state index < -0.39 is 0 Å². The first-order valence-corrected chi connectivity index (χ1v) is 8.33. The minimum Gasteiger partial charge on any atom is -0.314 e. The van der Waals surface area contributed by atoms with Gasteiger partial charge < -0.3 is 5.32 Å². The summed E-state index contributed by atoms with van der Waals surface area (Å²) < 4.78 is 2.08. The number of rotatable bonds is 6. The summed E-state index contributed by atoms with van der Waals surface area (Å²) >= 11 is 0. The summed E-state index contributed by atoms with van der Waals surface area (Å²) in [6.07, 6.45) is 8.77. The highest BCUT2D eigenvalue weighted by Gasteiger charge is 2.32. The number of aryl methyl sites for hydroxylation is 1. The zero-order valence-corrected chi connectivity index (χ0v) is 13.6. The molecule has 1 aromatic rings. The highest BCUT2D eigenvalue weighted by molar-refractivity contribution is 5.11. The molecule has 0 aromatic carbocycles. The molecule has 3 atom stereocenters. The first-order valence-electron chi connectivity index (χ1n) is 8.33. The first-order chi connectivity index (χ1) is 9.61. The van der Waals surface area contributed by atoms with Crippen molar-refractivity contribution in [2.75, 3.05) is 6.54 Å². The molecule has 3 nitrogen and oxygen atoms in total. The molecule has 1 fully saturated rings. The van der Waals surface area contributed by atoms with Gasteiger partial charge in [-0.2, -0.15) is 5.10 Å². The maximum atomic E-state index is 4.39. The van der Waals surface area contributed by atoms with E-state index in [-0.39, 0.29) is 0 Å². The van der Waals surface area contributed by atoms with Gasteiger partial charge in [-0.15, -0.1) is 0 Å². The van der Waals surface area contributed by atoms with E-state index in [9.17, 15) is 0 Å². The van der Waals surface area contributed by atoms with Gasteiger partial charge in [-0.05, 0) is 37.3 Å². The van der Waals surface area contributed by atoms with E-state index >= 15 is 0 Å². The number of nitrogens with one attached hydrogen (secondary N) is 1. The summed E-state index contributed by atoms with van der Waals surface area (Å²) in [5, 5.41) is 8.03. The second-order valence-electron chi connectivity index (χ2n) is 6.78. The van der Waals surface area contributed by atoms with Gasteiger partial charge in [-0.1, -0.05) is 40.0 Å². The number of hydrogen-bond donors (Lipinski definition) is 1. The second kappa shape index (κ2) is 7.26. The fraction of sp³-hybridized carbons (Fsp3) is 0.824. The molecule has 0 radical (unpaired) electrons. The molecule has 1 aromatic heterocycles. The van der Waals surface area contributed by atoms with Crippen LogP contribution in [0.4, 0.5) is 0 Å². The average Bonchev–Trinajstić information content (AvgIpc) is 2.83. The Labute approximate surface area is 124 Å². The minimum atomic E-state index is 0.579. The third-order valence-corrected chi connectivity index (χ3v) is 4.83. The van der Waals surface area contributed by atoms with E-state index in [0.29, 0.717) is 12.0 Å². The van der Waals surface area contributed by atoms with Crippen LogP contribution in [0.15, 0.2) is 12.3 Å². The lowest BCUT2D eigenvalue weighted by molar-refractivity contribution is 0.211. The monoisotopic (exact) mass is 277 g/mol. The molecule has 1 aliphatic carbocycles. The van der Waals surface area contributed by atoms with Crippen molar-refractivity contribution >= 4 is 0 Å². The van der Waals surface area contributed by atoms with Crippen LogP contribution in [0.1, 0.15) is 64.5 Å². The molecule has 0 aliphatic heterocycles. The number of hydrogen-bond acceptors (Lipinski definition) is 2. The molecule has 20 heavy (non-hydrogen) atoms. The molecule has 1 saturated carbocycles. The van der Waals surface area contributed by atoms with Crippen LogP contribution in [0.3, 0.4) is 0 Å². The fourth-order valence-corrected chi connectivity index (χ4v) is 3.73. The van der Waals surface area contributed by atoms with Crippen molar-refractivity contribution in [2.24, 2.45) is 18.9 Å². The van der Waals surface area contributed by atoms with Gasteiger partial charge in [0.1, 0.15) is 0 Å². The van der Waals surface area contributed by atoms with Crippen molar-refractivity contribution < 1.29 is 0 Å². The van der Waals surface area contributed by atoms with Crippen LogP contribution in [-0.4, -0.2) is 22.4 Å².